The fourth-order valence-corrected chi connectivity index (χ4v) is 1.13. The highest BCUT2D eigenvalue weighted by Gasteiger charge is 2.20. The second-order valence-corrected chi connectivity index (χ2v) is 4.23. The van der Waals surface area contributed by atoms with Crippen LogP contribution in [0.5, 0.6) is 0 Å². The first-order valence-electron chi connectivity index (χ1n) is 5.19. The van der Waals surface area contributed by atoms with Crippen molar-refractivity contribution in [2.24, 2.45) is 0 Å². The predicted molar refractivity (Wildman–Crippen MR) is 56.2 cm³/mol. The summed E-state index contributed by atoms with van der Waals surface area (Å²) in [6.45, 7) is 5.83. The van der Waals surface area contributed by atoms with Crippen molar-refractivity contribution in [3.8, 4) is 0 Å². The Morgan fingerprint density at radius 2 is 2.07 bits per heavy atom. The van der Waals surface area contributed by atoms with Gasteiger partial charge in [0, 0.05) is 13.5 Å². The summed E-state index contributed by atoms with van der Waals surface area (Å²) in [4.78, 5) is 11.4. The number of ether oxygens (including phenoxy) is 1. The molecule has 0 aliphatic rings. The second-order valence-electron chi connectivity index (χ2n) is 4.23. The molecule has 0 amide bonds. The van der Waals surface area contributed by atoms with Gasteiger partial charge in [-0.1, -0.05) is 13.3 Å². The van der Waals surface area contributed by atoms with E-state index >= 15 is 0 Å². The topological polar surface area (TPSA) is 46.5 Å². The van der Waals surface area contributed by atoms with Crippen LogP contribution in [0.25, 0.3) is 0 Å². The van der Waals surface area contributed by atoms with Gasteiger partial charge in [-0.2, -0.15) is 0 Å². The lowest BCUT2D eigenvalue weighted by atomic mass is 9.97. The van der Waals surface area contributed by atoms with Crippen LogP contribution < -0.4 is 0 Å². The van der Waals surface area contributed by atoms with Crippen molar-refractivity contribution in [1.82, 2.24) is 0 Å². The van der Waals surface area contributed by atoms with Gasteiger partial charge in [-0.25, -0.2) is 0 Å². The van der Waals surface area contributed by atoms with Gasteiger partial charge in [0.2, 0.25) is 0 Å². The standard InChI is InChI=1S/C11H22O3/c1-5-6-9(12)10(13)7-8-11(2,3)14-4/h9,12H,5-8H2,1-4H3. The maximum Gasteiger partial charge on any atom is 0.161 e. The molecule has 0 heterocycles. The van der Waals surface area contributed by atoms with E-state index in [0.29, 0.717) is 19.3 Å². The van der Waals surface area contributed by atoms with Gasteiger partial charge in [-0.05, 0) is 26.7 Å². The van der Waals surface area contributed by atoms with Gasteiger partial charge in [0.05, 0.1) is 5.60 Å². The lowest BCUT2D eigenvalue weighted by molar-refractivity contribution is -0.128. The van der Waals surface area contributed by atoms with Crippen LogP contribution in [-0.4, -0.2) is 29.7 Å². The summed E-state index contributed by atoms with van der Waals surface area (Å²) >= 11 is 0. The number of hydrogen-bond donors (Lipinski definition) is 1. The molecular formula is C11H22O3. The molecule has 0 aliphatic heterocycles. The summed E-state index contributed by atoms with van der Waals surface area (Å²) in [7, 11) is 1.63. The Labute approximate surface area is 86.5 Å². The molecule has 0 aliphatic carbocycles. The molecule has 3 nitrogen and oxygen atoms in total. The maximum atomic E-state index is 11.4. The largest absolute Gasteiger partial charge is 0.385 e. The Balaban J connectivity index is 3.84. The number of aliphatic hydroxyl groups is 1. The summed E-state index contributed by atoms with van der Waals surface area (Å²) < 4.78 is 5.19. The molecule has 0 aromatic carbocycles. The first-order valence-corrected chi connectivity index (χ1v) is 5.19. The molecule has 3 heteroatoms. The number of methoxy groups -OCH3 is 1. The molecule has 84 valence electrons. The molecule has 0 saturated carbocycles. The van der Waals surface area contributed by atoms with E-state index in [0.717, 1.165) is 6.42 Å². The summed E-state index contributed by atoms with van der Waals surface area (Å²) in [6.07, 6.45) is 1.66. The highest BCUT2D eigenvalue weighted by Crippen LogP contribution is 2.16. The van der Waals surface area contributed by atoms with Crippen molar-refractivity contribution in [1.29, 1.82) is 0 Å². The average molecular weight is 202 g/mol. The van der Waals surface area contributed by atoms with E-state index < -0.39 is 6.10 Å². The van der Waals surface area contributed by atoms with Crippen LogP contribution in [-0.2, 0) is 9.53 Å². The molecule has 14 heavy (non-hydrogen) atoms. The number of ketones is 1. The fourth-order valence-electron chi connectivity index (χ4n) is 1.13. The van der Waals surface area contributed by atoms with Gasteiger partial charge in [0.1, 0.15) is 6.10 Å². The molecule has 0 bridgehead atoms. The third-order valence-electron chi connectivity index (χ3n) is 2.46. The quantitative estimate of drug-likeness (QED) is 0.686. The monoisotopic (exact) mass is 202 g/mol. The Morgan fingerprint density at radius 3 is 2.50 bits per heavy atom. The van der Waals surface area contributed by atoms with Crippen LogP contribution >= 0.6 is 0 Å². The minimum Gasteiger partial charge on any atom is -0.385 e. The van der Waals surface area contributed by atoms with E-state index in [1.54, 1.807) is 7.11 Å². The Hall–Kier alpha value is -0.410. The summed E-state index contributed by atoms with van der Waals surface area (Å²) in [6, 6.07) is 0. The van der Waals surface area contributed by atoms with Crippen LogP contribution in [0.1, 0.15) is 46.5 Å². The molecule has 1 unspecified atom stereocenters. The molecule has 1 atom stereocenters. The van der Waals surface area contributed by atoms with E-state index in [-0.39, 0.29) is 11.4 Å². The van der Waals surface area contributed by atoms with Gasteiger partial charge in [-0.3, -0.25) is 4.79 Å². The zero-order valence-electron chi connectivity index (χ0n) is 9.67. The SMILES string of the molecule is CCCC(O)C(=O)CCC(C)(C)OC. The minimum atomic E-state index is -0.785. The number of aliphatic hydroxyl groups excluding tert-OH is 1. The highest BCUT2D eigenvalue weighted by molar-refractivity contribution is 5.82. The van der Waals surface area contributed by atoms with Crippen LogP contribution in [0.3, 0.4) is 0 Å². The van der Waals surface area contributed by atoms with Crippen LogP contribution in [0.4, 0.5) is 0 Å². The van der Waals surface area contributed by atoms with Crippen LogP contribution in [0, 0.1) is 0 Å². The molecule has 0 radical (unpaired) electrons. The Morgan fingerprint density at radius 1 is 1.50 bits per heavy atom. The third-order valence-corrected chi connectivity index (χ3v) is 2.46. The number of carbonyl (C=O) groups is 1. The maximum absolute atomic E-state index is 11.4. The van der Waals surface area contributed by atoms with E-state index in [1.165, 1.54) is 0 Å². The molecular weight excluding hydrogens is 180 g/mol. The summed E-state index contributed by atoms with van der Waals surface area (Å²) in [5.74, 6) is -0.0722. The lowest BCUT2D eigenvalue weighted by Crippen LogP contribution is -2.27. The van der Waals surface area contributed by atoms with E-state index in [4.69, 9.17) is 4.74 Å². The van der Waals surface area contributed by atoms with Gasteiger partial charge < -0.3 is 9.84 Å². The van der Waals surface area contributed by atoms with Gasteiger partial charge in [-0.15, -0.1) is 0 Å². The van der Waals surface area contributed by atoms with E-state index in [2.05, 4.69) is 0 Å². The zero-order chi connectivity index (χ0) is 11.2. The smallest absolute Gasteiger partial charge is 0.161 e. The third kappa shape index (κ3) is 5.35. The zero-order valence-corrected chi connectivity index (χ0v) is 9.67. The van der Waals surface area contributed by atoms with Crippen LogP contribution in [0.2, 0.25) is 0 Å². The minimum absolute atomic E-state index is 0.0722. The average Bonchev–Trinajstić information content (AvgIpc) is 2.15. The van der Waals surface area contributed by atoms with Crippen molar-refractivity contribution < 1.29 is 14.6 Å². The summed E-state index contributed by atoms with van der Waals surface area (Å²) in [5, 5.41) is 9.40. The lowest BCUT2D eigenvalue weighted by Gasteiger charge is -2.22. The number of hydrogen-bond acceptors (Lipinski definition) is 3. The molecule has 0 saturated heterocycles. The van der Waals surface area contributed by atoms with Crippen molar-refractivity contribution in [2.45, 2.75) is 58.2 Å². The number of rotatable bonds is 7. The van der Waals surface area contributed by atoms with Gasteiger partial charge >= 0.3 is 0 Å². The molecule has 0 aromatic heterocycles. The number of carbonyl (C=O) groups excluding carboxylic acids is 1. The normalized spacial score (nSPS) is 14.1. The first kappa shape index (κ1) is 13.6. The van der Waals surface area contributed by atoms with Crippen molar-refractivity contribution in [3.05, 3.63) is 0 Å². The van der Waals surface area contributed by atoms with E-state index in [9.17, 15) is 9.90 Å². The predicted octanol–water partition coefficient (Wildman–Crippen LogP) is 1.92. The molecule has 0 fully saturated rings. The Bertz CT molecular complexity index is 175. The van der Waals surface area contributed by atoms with Crippen LogP contribution in [0.15, 0.2) is 0 Å². The van der Waals surface area contributed by atoms with E-state index in [1.807, 2.05) is 20.8 Å². The number of Topliss-reactive ketones (excluding diaryl/α,β-unsaturated/α-hetero) is 1. The molecule has 1 N–H and O–H groups in total. The van der Waals surface area contributed by atoms with Gasteiger partial charge in [0.15, 0.2) is 5.78 Å². The van der Waals surface area contributed by atoms with Gasteiger partial charge in [0.25, 0.3) is 0 Å². The second kappa shape index (κ2) is 6.14. The Kier molecular flexibility index (Phi) is 5.96. The molecule has 0 spiro atoms. The van der Waals surface area contributed by atoms with Crippen molar-refractivity contribution in [2.75, 3.05) is 7.11 Å². The fraction of sp³-hybridized carbons (Fsp3) is 0.909. The highest BCUT2D eigenvalue weighted by atomic mass is 16.5. The van der Waals surface area contributed by atoms with Crippen molar-refractivity contribution in [3.63, 3.8) is 0 Å². The summed E-state index contributed by atoms with van der Waals surface area (Å²) in [5.41, 5.74) is -0.276. The molecule has 0 aromatic rings. The first-order chi connectivity index (χ1) is 6.43. The van der Waals surface area contributed by atoms with Crippen molar-refractivity contribution >= 4 is 5.78 Å². The molecule has 0 rings (SSSR count).